The Balaban J connectivity index is 2.05. The molecule has 0 bridgehead atoms. The van der Waals surface area contributed by atoms with E-state index in [-0.39, 0.29) is 0 Å². The molecule has 1 heterocycles. The van der Waals surface area contributed by atoms with E-state index in [2.05, 4.69) is 98.0 Å². The molecule has 1 spiro atoms. The summed E-state index contributed by atoms with van der Waals surface area (Å²) in [7, 11) is 2.22. The van der Waals surface area contributed by atoms with Crippen LogP contribution in [0.1, 0.15) is 106 Å². The largest absolute Gasteiger partial charge is 0.374 e. The van der Waals surface area contributed by atoms with Crippen molar-refractivity contribution in [1.82, 2.24) is 4.90 Å². The zero-order valence-electron chi connectivity index (χ0n) is 24.1. The standard InChI is InChI=1S/C32H56BN/c1-11-14-28(8)31-32(21-19-25(5)20-22-32)33(31)29(9)26(6)16-17-27(7)30(34(10)23-12-2)18-15-24(4)13-3/h12,15,18,23-25,27,29-31H,6,8,11,13-14,16-17,19-22H2,1-5,7,9-10H3/b18-15-,23-12-. The van der Waals surface area contributed by atoms with Crippen molar-refractivity contribution in [2.45, 2.75) is 129 Å². The molecule has 0 N–H and O–H groups in total. The van der Waals surface area contributed by atoms with Crippen molar-refractivity contribution in [3.05, 3.63) is 48.7 Å². The van der Waals surface area contributed by atoms with Gasteiger partial charge in [0.05, 0.1) is 0 Å². The third kappa shape index (κ3) is 6.95. The maximum Gasteiger partial charge on any atom is 0.161 e. The van der Waals surface area contributed by atoms with Crippen LogP contribution in [0.5, 0.6) is 0 Å². The second-order valence-corrected chi connectivity index (χ2v) is 12.2. The average Bonchev–Trinajstić information content (AvgIpc) is 3.46. The van der Waals surface area contributed by atoms with Gasteiger partial charge in [0, 0.05) is 13.1 Å². The number of hydrogen-bond donors (Lipinski definition) is 0. The molecule has 1 saturated carbocycles. The molecule has 0 aromatic rings. The van der Waals surface area contributed by atoms with Crippen LogP contribution in [-0.2, 0) is 0 Å². The van der Waals surface area contributed by atoms with E-state index in [9.17, 15) is 0 Å². The Morgan fingerprint density at radius 3 is 2.29 bits per heavy atom. The predicted octanol–water partition coefficient (Wildman–Crippen LogP) is 9.97. The zero-order chi connectivity index (χ0) is 25.5. The van der Waals surface area contributed by atoms with E-state index in [1.54, 1.807) is 5.57 Å². The topological polar surface area (TPSA) is 3.24 Å². The molecule has 0 aromatic heterocycles. The Labute approximate surface area is 214 Å². The van der Waals surface area contributed by atoms with Crippen LogP contribution in [0.4, 0.5) is 0 Å². The fourth-order valence-corrected chi connectivity index (χ4v) is 6.96. The molecule has 2 heteroatoms. The lowest BCUT2D eigenvalue weighted by Gasteiger charge is -2.31. The summed E-state index contributed by atoms with van der Waals surface area (Å²) in [5.41, 5.74) is 3.03. The molecule has 1 aliphatic heterocycles. The van der Waals surface area contributed by atoms with Gasteiger partial charge in [0.2, 0.25) is 0 Å². The average molecular weight is 466 g/mol. The maximum atomic E-state index is 4.67. The van der Waals surface area contributed by atoms with E-state index < -0.39 is 0 Å². The van der Waals surface area contributed by atoms with Gasteiger partial charge in [-0.15, -0.1) is 13.2 Å². The minimum Gasteiger partial charge on any atom is -0.374 e. The SMILES string of the molecule is C=C(CCC(C)C(/C=C\C(C)CC)N(C)/C=C\C)C(C)B1C(C(=C)CCC)C12CCC(C)CC2. The predicted molar refractivity (Wildman–Crippen MR) is 156 cm³/mol. The van der Waals surface area contributed by atoms with Crippen molar-refractivity contribution in [3.63, 3.8) is 0 Å². The first-order chi connectivity index (χ1) is 16.1. The summed E-state index contributed by atoms with van der Waals surface area (Å²) in [6, 6.07) is 0.442. The van der Waals surface area contributed by atoms with E-state index >= 15 is 0 Å². The van der Waals surface area contributed by atoms with Gasteiger partial charge >= 0.3 is 0 Å². The van der Waals surface area contributed by atoms with Crippen molar-refractivity contribution >= 4 is 6.71 Å². The molecule has 2 aliphatic rings. The van der Waals surface area contributed by atoms with Crippen molar-refractivity contribution in [2.75, 3.05) is 7.05 Å². The van der Waals surface area contributed by atoms with E-state index in [4.69, 9.17) is 0 Å². The quantitative estimate of drug-likeness (QED) is 0.182. The summed E-state index contributed by atoms with van der Waals surface area (Å²) in [5.74, 6) is 3.50. The summed E-state index contributed by atoms with van der Waals surface area (Å²) < 4.78 is 0. The molecule has 1 saturated heterocycles. The van der Waals surface area contributed by atoms with Gasteiger partial charge in [-0.25, -0.2) is 0 Å². The van der Waals surface area contributed by atoms with E-state index in [1.165, 1.54) is 56.9 Å². The monoisotopic (exact) mass is 465 g/mol. The highest BCUT2D eigenvalue weighted by atomic mass is 15.1. The van der Waals surface area contributed by atoms with Gasteiger partial charge in [0.1, 0.15) is 0 Å². The van der Waals surface area contributed by atoms with Crippen LogP contribution in [0, 0.1) is 17.8 Å². The highest BCUT2D eigenvalue weighted by molar-refractivity contribution is 6.79. The fraction of sp³-hybridized carbons (Fsp3) is 0.750. The first-order valence-corrected chi connectivity index (χ1v) is 14.5. The van der Waals surface area contributed by atoms with E-state index in [0.29, 0.717) is 29.0 Å². The van der Waals surface area contributed by atoms with Gasteiger partial charge in [-0.05, 0) is 67.1 Å². The Kier molecular flexibility index (Phi) is 11.3. The Hall–Kier alpha value is -1.18. The van der Waals surface area contributed by atoms with Gasteiger partial charge in [-0.3, -0.25) is 0 Å². The molecule has 2 rings (SSSR count). The first-order valence-electron chi connectivity index (χ1n) is 14.5. The molecule has 0 radical (unpaired) electrons. The van der Waals surface area contributed by atoms with Crippen molar-refractivity contribution in [2.24, 2.45) is 17.8 Å². The third-order valence-corrected chi connectivity index (χ3v) is 9.57. The molecule has 0 aromatic carbocycles. The van der Waals surface area contributed by atoms with Crippen LogP contribution in [0.15, 0.2) is 48.7 Å². The molecule has 34 heavy (non-hydrogen) atoms. The number of allylic oxidation sites excluding steroid dienone is 4. The molecule has 1 aliphatic carbocycles. The van der Waals surface area contributed by atoms with E-state index in [0.717, 1.165) is 24.9 Å². The molecular weight excluding hydrogens is 409 g/mol. The van der Waals surface area contributed by atoms with Crippen molar-refractivity contribution in [3.8, 4) is 0 Å². The number of hydrogen-bond acceptors (Lipinski definition) is 1. The second-order valence-electron chi connectivity index (χ2n) is 12.2. The molecule has 1 nitrogen and oxygen atoms in total. The molecule has 5 unspecified atom stereocenters. The smallest absolute Gasteiger partial charge is 0.161 e. The van der Waals surface area contributed by atoms with Gasteiger partial charge in [-0.2, -0.15) is 0 Å². The maximum absolute atomic E-state index is 4.67. The summed E-state index contributed by atoms with van der Waals surface area (Å²) in [4.78, 5) is 2.39. The van der Waals surface area contributed by atoms with Crippen molar-refractivity contribution < 1.29 is 0 Å². The summed E-state index contributed by atoms with van der Waals surface area (Å²) in [6.07, 6.45) is 20.9. The second kappa shape index (κ2) is 13.2. The van der Waals surface area contributed by atoms with Crippen LogP contribution in [0.25, 0.3) is 0 Å². The zero-order valence-corrected chi connectivity index (χ0v) is 24.1. The Morgan fingerprint density at radius 1 is 1.09 bits per heavy atom. The summed E-state index contributed by atoms with van der Waals surface area (Å²) in [5, 5.41) is 0.542. The molecular formula is C32H56BN. The minimum atomic E-state index is 0.442. The Morgan fingerprint density at radius 2 is 1.74 bits per heavy atom. The lowest BCUT2D eigenvalue weighted by Crippen LogP contribution is -2.31. The first kappa shape index (κ1) is 29.1. The van der Waals surface area contributed by atoms with Gasteiger partial charge in [-0.1, -0.05) is 109 Å². The minimum absolute atomic E-state index is 0.442. The number of nitrogens with zero attached hydrogens (tertiary/aromatic N) is 1. The van der Waals surface area contributed by atoms with Gasteiger partial charge in [0.15, 0.2) is 6.71 Å². The third-order valence-electron chi connectivity index (χ3n) is 9.57. The van der Waals surface area contributed by atoms with Gasteiger partial charge in [0.25, 0.3) is 0 Å². The molecule has 0 amide bonds. The number of likely N-dealkylation sites (N-methyl/N-ethyl adjacent to an activating group) is 1. The highest BCUT2D eigenvalue weighted by Crippen LogP contribution is 2.77. The van der Waals surface area contributed by atoms with E-state index in [1.807, 2.05) is 0 Å². The van der Waals surface area contributed by atoms with Crippen LogP contribution < -0.4 is 0 Å². The lowest BCUT2D eigenvalue weighted by molar-refractivity contribution is 0.283. The highest BCUT2D eigenvalue weighted by Gasteiger charge is 2.68. The normalized spacial score (nSPS) is 28.3. The Bertz CT molecular complexity index is 711. The fourth-order valence-electron chi connectivity index (χ4n) is 6.96. The van der Waals surface area contributed by atoms with Crippen molar-refractivity contribution in [1.29, 1.82) is 0 Å². The van der Waals surface area contributed by atoms with Crippen LogP contribution >= 0.6 is 0 Å². The van der Waals surface area contributed by atoms with Crippen LogP contribution in [-0.4, -0.2) is 24.7 Å². The van der Waals surface area contributed by atoms with Gasteiger partial charge < -0.3 is 4.90 Å². The molecule has 192 valence electrons. The van der Waals surface area contributed by atoms with Crippen LogP contribution in [0.3, 0.4) is 0 Å². The lowest BCUT2D eigenvalue weighted by atomic mass is 9.46. The number of rotatable bonds is 14. The summed E-state index contributed by atoms with van der Waals surface area (Å²) >= 11 is 0. The van der Waals surface area contributed by atoms with Crippen LogP contribution in [0.2, 0.25) is 16.9 Å². The summed E-state index contributed by atoms with van der Waals surface area (Å²) in [6.45, 7) is 26.4. The molecule has 2 fully saturated rings. The molecule has 5 atom stereocenters.